The Morgan fingerprint density at radius 2 is 1.80 bits per heavy atom. The molecule has 0 saturated carbocycles. The molecule has 0 amide bonds. The highest BCUT2D eigenvalue weighted by atomic mass is 32.2. The third kappa shape index (κ3) is 7.24. The van der Waals surface area contributed by atoms with Gasteiger partial charge in [-0.05, 0) is 32.1 Å². The molecule has 0 aliphatic heterocycles. The smallest absolute Gasteiger partial charge is 0.0198 e. The maximum absolute atomic E-state index is 3.47. The van der Waals surface area contributed by atoms with Crippen molar-refractivity contribution in [1.82, 2.24) is 5.32 Å². The monoisotopic (exact) mass is 231 g/mol. The minimum absolute atomic E-state index is 0.714. The van der Waals surface area contributed by atoms with E-state index in [-0.39, 0.29) is 0 Å². The summed E-state index contributed by atoms with van der Waals surface area (Å²) in [6.45, 7) is 6.87. The third-order valence-electron chi connectivity index (χ3n) is 2.90. The van der Waals surface area contributed by atoms with Crippen molar-refractivity contribution in [2.75, 3.05) is 12.8 Å². The molecule has 0 aromatic heterocycles. The van der Waals surface area contributed by atoms with Crippen molar-refractivity contribution in [3.05, 3.63) is 0 Å². The first kappa shape index (κ1) is 15.3. The van der Waals surface area contributed by atoms with Gasteiger partial charge in [0.25, 0.3) is 0 Å². The van der Waals surface area contributed by atoms with Gasteiger partial charge in [0.05, 0.1) is 0 Å². The molecular weight excluding hydrogens is 202 g/mol. The van der Waals surface area contributed by atoms with Crippen LogP contribution in [0.5, 0.6) is 0 Å². The molecule has 0 fully saturated rings. The van der Waals surface area contributed by atoms with Gasteiger partial charge in [-0.2, -0.15) is 11.8 Å². The molecule has 0 spiro atoms. The molecule has 2 heteroatoms. The molecule has 2 unspecified atom stereocenters. The molecule has 0 bridgehead atoms. The van der Waals surface area contributed by atoms with Gasteiger partial charge in [-0.1, -0.05) is 40.0 Å². The van der Waals surface area contributed by atoms with Crippen LogP contribution in [0.1, 0.15) is 59.3 Å². The van der Waals surface area contributed by atoms with Crippen molar-refractivity contribution in [2.24, 2.45) is 0 Å². The van der Waals surface area contributed by atoms with Crippen molar-refractivity contribution >= 4 is 11.8 Å². The molecule has 92 valence electrons. The van der Waals surface area contributed by atoms with Crippen LogP contribution in [-0.4, -0.2) is 24.1 Å². The summed E-state index contributed by atoms with van der Waals surface area (Å²) in [6, 6.07) is 0.714. The highest BCUT2D eigenvalue weighted by molar-refractivity contribution is 7.99. The van der Waals surface area contributed by atoms with E-state index < -0.39 is 0 Å². The molecular formula is C13H29NS. The van der Waals surface area contributed by atoms with Crippen LogP contribution in [0.15, 0.2) is 0 Å². The van der Waals surface area contributed by atoms with E-state index in [0.29, 0.717) is 6.04 Å². The SMILES string of the molecule is CCCCCSC(CC)C(CCC)NC. The van der Waals surface area contributed by atoms with E-state index in [1.54, 1.807) is 0 Å². The van der Waals surface area contributed by atoms with Crippen LogP contribution in [0.4, 0.5) is 0 Å². The predicted octanol–water partition coefficient (Wildman–Crippen LogP) is 4.08. The maximum Gasteiger partial charge on any atom is 0.0198 e. The van der Waals surface area contributed by atoms with E-state index in [0.717, 1.165) is 5.25 Å². The second-order valence-electron chi connectivity index (χ2n) is 4.21. The summed E-state index contributed by atoms with van der Waals surface area (Å²) >= 11 is 2.17. The Hall–Kier alpha value is 0.310. The maximum atomic E-state index is 3.47. The summed E-state index contributed by atoms with van der Waals surface area (Å²) < 4.78 is 0. The summed E-state index contributed by atoms with van der Waals surface area (Å²) in [4.78, 5) is 0. The minimum Gasteiger partial charge on any atom is -0.316 e. The zero-order valence-corrected chi connectivity index (χ0v) is 11.8. The molecule has 0 aliphatic rings. The molecule has 1 nitrogen and oxygen atoms in total. The Bertz CT molecular complexity index is 128. The highest BCUT2D eigenvalue weighted by Crippen LogP contribution is 2.22. The number of thioether (sulfide) groups is 1. The first-order chi connectivity index (χ1) is 7.29. The second-order valence-corrected chi connectivity index (χ2v) is 5.56. The summed E-state index contributed by atoms with van der Waals surface area (Å²) in [5.74, 6) is 1.34. The highest BCUT2D eigenvalue weighted by Gasteiger charge is 2.17. The van der Waals surface area contributed by atoms with Gasteiger partial charge in [0, 0.05) is 11.3 Å². The minimum atomic E-state index is 0.714. The van der Waals surface area contributed by atoms with Crippen LogP contribution in [0, 0.1) is 0 Å². The molecule has 0 saturated heterocycles. The van der Waals surface area contributed by atoms with E-state index in [9.17, 15) is 0 Å². The van der Waals surface area contributed by atoms with E-state index in [1.165, 1.54) is 44.3 Å². The number of hydrogen-bond donors (Lipinski definition) is 1. The van der Waals surface area contributed by atoms with Crippen molar-refractivity contribution < 1.29 is 0 Å². The summed E-state index contributed by atoms with van der Waals surface area (Å²) in [6.07, 6.45) is 8.01. The first-order valence-electron chi connectivity index (χ1n) is 6.58. The molecule has 1 N–H and O–H groups in total. The lowest BCUT2D eigenvalue weighted by Crippen LogP contribution is -2.35. The Kier molecular flexibility index (Phi) is 11.0. The van der Waals surface area contributed by atoms with Crippen LogP contribution >= 0.6 is 11.8 Å². The fourth-order valence-electron chi connectivity index (χ4n) is 1.93. The largest absolute Gasteiger partial charge is 0.316 e. The topological polar surface area (TPSA) is 12.0 Å². The van der Waals surface area contributed by atoms with E-state index in [4.69, 9.17) is 0 Å². The van der Waals surface area contributed by atoms with Gasteiger partial charge in [0.2, 0.25) is 0 Å². The lowest BCUT2D eigenvalue weighted by Gasteiger charge is -2.25. The molecule has 2 atom stereocenters. The van der Waals surface area contributed by atoms with Crippen molar-refractivity contribution in [3.8, 4) is 0 Å². The van der Waals surface area contributed by atoms with E-state index in [1.807, 2.05) is 0 Å². The third-order valence-corrected chi connectivity index (χ3v) is 4.52. The van der Waals surface area contributed by atoms with Gasteiger partial charge < -0.3 is 5.32 Å². The summed E-state index contributed by atoms with van der Waals surface area (Å²) in [5, 5.41) is 4.29. The van der Waals surface area contributed by atoms with Crippen LogP contribution in [-0.2, 0) is 0 Å². The molecule has 15 heavy (non-hydrogen) atoms. The Labute approximate surface area is 101 Å². The van der Waals surface area contributed by atoms with Gasteiger partial charge in [-0.25, -0.2) is 0 Å². The average Bonchev–Trinajstić information content (AvgIpc) is 2.27. The van der Waals surface area contributed by atoms with Crippen LogP contribution in [0.2, 0.25) is 0 Å². The Morgan fingerprint density at radius 1 is 1.07 bits per heavy atom. The lowest BCUT2D eigenvalue weighted by molar-refractivity contribution is 0.490. The van der Waals surface area contributed by atoms with Crippen molar-refractivity contribution in [3.63, 3.8) is 0 Å². The molecule has 0 aliphatic carbocycles. The molecule has 0 rings (SSSR count). The summed E-state index contributed by atoms with van der Waals surface area (Å²) in [7, 11) is 2.11. The van der Waals surface area contributed by atoms with Crippen LogP contribution in [0.25, 0.3) is 0 Å². The zero-order chi connectivity index (χ0) is 11.5. The molecule has 0 aromatic rings. The molecule has 0 radical (unpaired) electrons. The number of hydrogen-bond acceptors (Lipinski definition) is 2. The predicted molar refractivity (Wildman–Crippen MR) is 73.8 cm³/mol. The second kappa shape index (κ2) is 10.8. The number of nitrogens with one attached hydrogen (secondary N) is 1. The van der Waals surface area contributed by atoms with Gasteiger partial charge in [0.1, 0.15) is 0 Å². The van der Waals surface area contributed by atoms with Crippen LogP contribution in [0.3, 0.4) is 0 Å². The lowest BCUT2D eigenvalue weighted by atomic mass is 10.1. The number of unbranched alkanes of at least 4 members (excludes halogenated alkanes) is 2. The number of rotatable bonds is 10. The average molecular weight is 231 g/mol. The zero-order valence-electron chi connectivity index (χ0n) is 11.0. The van der Waals surface area contributed by atoms with Crippen molar-refractivity contribution in [1.29, 1.82) is 0 Å². The standard InChI is InChI=1S/C13H29NS/c1-5-8-9-11-15-13(7-3)12(14-4)10-6-2/h12-14H,5-11H2,1-4H3. The van der Waals surface area contributed by atoms with Gasteiger partial charge in [0.15, 0.2) is 0 Å². The Balaban J connectivity index is 3.76. The fourth-order valence-corrected chi connectivity index (χ4v) is 3.35. The molecule has 0 heterocycles. The Morgan fingerprint density at radius 3 is 2.27 bits per heavy atom. The normalized spacial score (nSPS) is 15.2. The van der Waals surface area contributed by atoms with E-state index in [2.05, 4.69) is 44.9 Å². The first-order valence-corrected chi connectivity index (χ1v) is 7.63. The summed E-state index contributed by atoms with van der Waals surface area (Å²) in [5.41, 5.74) is 0. The van der Waals surface area contributed by atoms with Gasteiger partial charge in [-0.15, -0.1) is 0 Å². The quantitative estimate of drug-likeness (QED) is 0.569. The van der Waals surface area contributed by atoms with Gasteiger partial charge >= 0.3 is 0 Å². The van der Waals surface area contributed by atoms with Gasteiger partial charge in [-0.3, -0.25) is 0 Å². The molecule has 0 aromatic carbocycles. The fraction of sp³-hybridized carbons (Fsp3) is 1.00. The van der Waals surface area contributed by atoms with E-state index >= 15 is 0 Å². The van der Waals surface area contributed by atoms with Crippen molar-refractivity contribution in [2.45, 2.75) is 70.6 Å². The van der Waals surface area contributed by atoms with Crippen LogP contribution < -0.4 is 5.32 Å².